The Kier molecular flexibility index (Phi) is 4.55. The predicted molar refractivity (Wildman–Crippen MR) is 128 cm³/mol. The van der Waals surface area contributed by atoms with E-state index in [0.717, 1.165) is 39.8 Å². The summed E-state index contributed by atoms with van der Waals surface area (Å²) in [6.45, 7) is 1.98. The zero-order valence-electron chi connectivity index (χ0n) is 18.6. The molecule has 6 heteroatoms. The molecule has 3 heterocycles. The first-order valence-corrected chi connectivity index (χ1v) is 10.9. The highest BCUT2D eigenvalue weighted by atomic mass is 19.1. The Morgan fingerprint density at radius 1 is 0.912 bits per heavy atom. The lowest BCUT2D eigenvalue weighted by molar-refractivity contribution is -0.659. The van der Waals surface area contributed by atoms with Gasteiger partial charge in [-0.25, -0.2) is 8.96 Å². The minimum absolute atomic E-state index is 0.0433. The predicted octanol–water partition coefficient (Wildman–Crippen LogP) is 6.52. The Morgan fingerprint density at radius 3 is 2.50 bits per heavy atom. The maximum absolute atomic E-state index is 14.7. The molecule has 0 bridgehead atoms. The fourth-order valence-electron chi connectivity index (χ4n) is 4.63. The summed E-state index contributed by atoms with van der Waals surface area (Å²) in [5.74, 6) is -0.670. The Balaban J connectivity index is 1.62. The van der Waals surface area contributed by atoms with Crippen molar-refractivity contribution in [1.82, 2.24) is 9.55 Å². The lowest BCUT2D eigenvalue weighted by Crippen LogP contribution is -2.29. The number of halogens is 2. The third kappa shape index (κ3) is 3.10. The number of pyridine rings is 1. The Labute approximate surface area is 194 Å². The van der Waals surface area contributed by atoms with Crippen molar-refractivity contribution in [3.63, 3.8) is 0 Å². The van der Waals surface area contributed by atoms with Gasteiger partial charge in [-0.3, -0.25) is 0 Å². The summed E-state index contributed by atoms with van der Waals surface area (Å²) in [6, 6.07) is 23.0. The molecule has 0 radical (unpaired) electrons. The van der Waals surface area contributed by atoms with Gasteiger partial charge in [-0.05, 0) is 36.2 Å². The van der Waals surface area contributed by atoms with Crippen LogP contribution in [0.2, 0.25) is 0 Å². The van der Waals surface area contributed by atoms with E-state index in [9.17, 15) is 8.78 Å². The zero-order chi connectivity index (χ0) is 23.4. The van der Waals surface area contributed by atoms with Gasteiger partial charge < -0.3 is 4.42 Å². The molecule has 0 aliphatic rings. The van der Waals surface area contributed by atoms with E-state index in [1.54, 1.807) is 0 Å². The van der Waals surface area contributed by atoms with Gasteiger partial charge in [0.2, 0.25) is 11.7 Å². The first-order chi connectivity index (χ1) is 16.5. The highest BCUT2D eigenvalue weighted by Gasteiger charge is 2.25. The number of nitrogens with zero attached hydrogens (tertiary/aromatic N) is 3. The van der Waals surface area contributed by atoms with Gasteiger partial charge in [-0.2, -0.15) is 13.9 Å². The van der Waals surface area contributed by atoms with E-state index in [1.807, 2.05) is 73.4 Å². The molecule has 3 aromatic carbocycles. The van der Waals surface area contributed by atoms with Crippen molar-refractivity contribution in [2.45, 2.75) is 6.92 Å². The smallest absolute Gasteiger partial charge is 0.294 e. The minimum Gasteiger partial charge on any atom is -0.437 e. The molecule has 0 amide bonds. The first kappa shape index (κ1) is 20.3. The van der Waals surface area contributed by atoms with Crippen molar-refractivity contribution in [2.75, 3.05) is 0 Å². The highest BCUT2D eigenvalue weighted by molar-refractivity contribution is 6.05. The van der Waals surface area contributed by atoms with Gasteiger partial charge in [0.15, 0.2) is 0 Å². The molecular formula is C28H20F2N3O+. The van der Waals surface area contributed by atoms with Gasteiger partial charge in [0.05, 0.1) is 18.0 Å². The second-order valence-electron chi connectivity index (χ2n) is 8.36. The number of hydrogen-bond acceptors (Lipinski definition) is 2. The summed E-state index contributed by atoms with van der Waals surface area (Å²) in [4.78, 5) is 3.74. The van der Waals surface area contributed by atoms with Crippen LogP contribution < -0.4 is 4.57 Å². The quantitative estimate of drug-likeness (QED) is 0.226. The van der Waals surface area contributed by atoms with Gasteiger partial charge in [0, 0.05) is 17.0 Å². The van der Waals surface area contributed by atoms with Crippen molar-refractivity contribution in [3.8, 4) is 28.2 Å². The number of aryl methyl sites for hydroxylation is 2. The van der Waals surface area contributed by atoms with E-state index in [2.05, 4.69) is 33.8 Å². The number of benzene rings is 3. The second-order valence-corrected chi connectivity index (χ2v) is 8.36. The number of hydrogen-bond donors (Lipinski definition) is 0. The van der Waals surface area contributed by atoms with Crippen LogP contribution in [0.4, 0.5) is 8.78 Å². The number of furan rings is 1. The van der Waals surface area contributed by atoms with Gasteiger partial charge in [0.1, 0.15) is 29.5 Å². The van der Waals surface area contributed by atoms with Crippen molar-refractivity contribution in [1.29, 1.82) is 0 Å². The van der Waals surface area contributed by atoms with Crippen LogP contribution in [0.1, 0.15) is 5.56 Å². The molecule has 0 fully saturated rings. The molecule has 0 aliphatic carbocycles. The topological polar surface area (TPSA) is 34.8 Å². The van der Waals surface area contributed by atoms with Gasteiger partial charge in [0.25, 0.3) is 5.82 Å². The highest BCUT2D eigenvalue weighted by Crippen LogP contribution is 2.36. The van der Waals surface area contributed by atoms with E-state index in [1.165, 1.54) is 0 Å². The monoisotopic (exact) mass is 452 g/mol. The van der Waals surface area contributed by atoms with Crippen LogP contribution >= 0.6 is 0 Å². The molecule has 0 N–H and O–H groups in total. The van der Waals surface area contributed by atoms with Crippen LogP contribution in [-0.2, 0) is 7.05 Å². The molecule has 4 nitrogen and oxygen atoms in total. The largest absolute Gasteiger partial charge is 0.437 e. The van der Waals surface area contributed by atoms with Crippen molar-refractivity contribution >= 4 is 22.1 Å². The first-order valence-electron chi connectivity index (χ1n) is 10.9. The molecule has 0 saturated heterocycles. The Morgan fingerprint density at radius 2 is 1.68 bits per heavy atom. The summed E-state index contributed by atoms with van der Waals surface area (Å²) in [5, 5.41) is 0.743. The summed E-state index contributed by atoms with van der Waals surface area (Å²) < 4.78 is 38.2. The summed E-state index contributed by atoms with van der Waals surface area (Å²) >= 11 is 0. The van der Waals surface area contributed by atoms with Gasteiger partial charge in [-0.1, -0.05) is 48.5 Å². The molecular weight excluding hydrogens is 432 g/mol. The number of para-hydroxylation sites is 1. The number of aromatic nitrogens is 3. The van der Waals surface area contributed by atoms with E-state index in [4.69, 9.17) is 4.42 Å². The standard InChI is InChI=1S/C28H20F2N3O/c1-17-14-24-21(26-22(29)16-25(30)31-27(26)34-24)15-20(17)28-32(2)12-13-33(28)23-11-7-6-10-19(23)18-8-4-3-5-9-18/h3-16H,1-2H3/q+1. The van der Waals surface area contributed by atoms with Crippen LogP contribution in [0.25, 0.3) is 50.3 Å². The second kappa shape index (κ2) is 7.63. The van der Waals surface area contributed by atoms with Crippen molar-refractivity contribution in [2.24, 2.45) is 7.05 Å². The average Bonchev–Trinajstić information content (AvgIpc) is 3.38. The fourth-order valence-corrected chi connectivity index (χ4v) is 4.63. The fraction of sp³-hybridized carbons (Fsp3) is 0.0714. The third-order valence-corrected chi connectivity index (χ3v) is 6.20. The van der Waals surface area contributed by atoms with Gasteiger partial charge in [-0.15, -0.1) is 0 Å². The lowest BCUT2D eigenvalue weighted by Gasteiger charge is -2.10. The lowest BCUT2D eigenvalue weighted by atomic mass is 10.0. The molecule has 34 heavy (non-hydrogen) atoms. The minimum atomic E-state index is -0.904. The molecule has 0 spiro atoms. The van der Waals surface area contributed by atoms with E-state index >= 15 is 0 Å². The third-order valence-electron chi connectivity index (χ3n) is 6.20. The molecule has 3 aromatic heterocycles. The number of fused-ring (bicyclic) bond motifs is 3. The maximum atomic E-state index is 14.7. The Bertz CT molecular complexity index is 1700. The summed E-state index contributed by atoms with van der Waals surface area (Å²) in [6.07, 6.45) is 4.01. The van der Waals surface area contributed by atoms with Crippen LogP contribution in [0.15, 0.2) is 89.6 Å². The van der Waals surface area contributed by atoms with Crippen LogP contribution in [0.3, 0.4) is 0 Å². The zero-order valence-corrected chi connectivity index (χ0v) is 18.6. The molecule has 0 aliphatic heterocycles. The molecule has 6 aromatic rings. The molecule has 0 saturated carbocycles. The van der Waals surface area contributed by atoms with E-state index < -0.39 is 11.8 Å². The SMILES string of the molecule is Cc1cc2oc3nc(F)cc(F)c3c2cc1-c1n(-c2ccccc2-c2ccccc2)cc[n+]1C. The van der Waals surface area contributed by atoms with Crippen molar-refractivity contribution < 1.29 is 17.8 Å². The molecule has 6 rings (SSSR count). The Hall–Kier alpha value is -4.32. The van der Waals surface area contributed by atoms with E-state index in [-0.39, 0.29) is 11.1 Å². The average molecular weight is 452 g/mol. The molecule has 0 atom stereocenters. The number of imidazole rings is 1. The number of rotatable bonds is 3. The van der Waals surface area contributed by atoms with E-state index in [0.29, 0.717) is 11.0 Å². The van der Waals surface area contributed by atoms with Gasteiger partial charge >= 0.3 is 0 Å². The van der Waals surface area contributed by atoms with Crippen LogP contribution in [-0.4, -0.2) is 9.55 Å². The van der Waals surface area contributed by atoms with Crippen LogP contribution in [0, 0.1) is 18.7 Å². The molecule has 0 unspecified atom stereocenters. The molecule has 166 valence electrons. The summed E-state index contributed by atoms with van der Waals surface area (Å²) in [5.41, 5.74) is 5.52. The summed E-state index contributed by atoms with van der Waals surface area (Å²) in [7, 11) is 1.98. The van der Waals surface area contributed by atoms with Crippen LogP contribution in [0.5, 0.6) is 0 Å². The maximum Gasteiger partial charge on any atom is 0.294 e. The van der Waals surface area contributed by atoms with Crippen molar-refractivity contribution in [3.05, 3.63) is 103 Å². The normalized spacial score (nSPS) is 11.5.